The van der Waals surface area contributed by atoms with Crippen molar-refractivity contribution in [2.45, 2.75) is 193 Å². The van der Waals surface area contributed by atoms with E-state index < -0.39 is 0 Å². The predicted molar refractivity (Wildman–Crippen MR) is 323 cm³/mol. The molecule has 0 amide bonds. The lowest BCUT2D eigenvalue weighted by Gasteiger charge is -2.34. The number of para-hydroxylation sites is 1. The number of hydrogen-bond acceptors (Lipinski definition) is 1. The van der Waals surface area contributed by atoms with Crippen molar-refractivity contribution in [2.75, 3.05) is 11.9 Å². The molecule has 0 bridgehead atoms. The minimum atomic E-state index is -0.156. The van der Waals surface area contributed by atoms with Crippen molar-refractivity contribution in [3.63, 3.8) is 0 Å². The van der Waals surface area contributed by atoms with Gasteiger partial charge in [0.05, 0.1) is 0 Å². The molecule has 0 radical (unpaired) electrons. The van der Waals surface area contributed by atoms with E-state index in [0.29, 0.717) is 0 Å². The van der Waals surface area contributed by atoms with Crippen LogP contribution in [0.1, 0.15) is 209 Å². The van der Waals surface area contributed by atoms with Gasteiger partial charge in [0.15, 0.2) is 0 Å². The summed E-state index contributed by atoms with van der Waals surface area (Å²) in [5.41, 5.74) is 23.9. The Hall–Kier alpha value is -5.66. The fourth-order valence-corrected chi connectivity index (χ4v) is 13.5. The zero-order valence-corrected chi connectivity index (χ0v) is 47.0. The summed E-state index contributed by atoms with van der Waals surface area (Å²) in [6.45, 7) is 16.4. The molecule has 2 aliphatic carbocycles. The van der Waals surface area contributed by atoms with E-state index in [1.165, 1.54) is 201 Å². The normalized spacial score (nSPS) is 13.9. The fourth-order valence-electron chi connectivity index (χ4n) is 13.5. The lowest BCUT2D eigenvalue weighted by Crippen LogP contribution is -2.26. The van der Waals surface area contributed by atoms with Gasteiger partial charge in [-0.15, -0.1) is 0 Å². The van der Waals surface area contributed by atoms with Crippen LogP contribution in [0.15, 0.2) is 152 Å². The summed E-state index contributed by atoms with van der Waals surface area (Å²) in [4.78, 5) is 2.37. The van der Waals surface area contributed by atoms with E-state index in [-0.39, 0.29) is 16.2 Å². The molecular formula is C73H89N. The summed E-state index contributed by atoms with van der Waals surface area (Å²) in [7, 11) is 2.23. The van der Waals surface area contributed by atoms with Gasteiger partial charge < -0.3 is 4.90 Å². The van der Waals surface area contributed by atoms with E-state index in [1.54, 1.807) is 22.3 Å². The zero-order valence-electron chi connectivity index (χ0n) is 47.0. The molecule has 1 nitrogen and oxygen atoms in total. The number of fused-ring (bicyclic) bond motifs is 6. The second-order valence-electron chi connectivity index (χ2n) is 23.4. The second kappa shape index (κ2) is 23.9. The maximum Gasteiger partial charge on any atom is 0.0411 e. The van der Waals surface area contributed by atoms with Gasteiger partial charge in [0.25, 0.3) is 0 Å². The molecule has 0 aromatic heterocycles. The molecule has 7 aromatic rings. The zero-order chi connectivity index (χ0) is 51.7. The molecule has 0 N–H and O–H groups in total. The van der Waals surface area contributed by atoms with E-state index in [9.17, 15) is 0 Å². The highest BCUT2D eigenvalue weighted by molar-refractivity contribution is 5.87. The quantitative estimate of drug-likeness (QED) is 0.0489. The Bertz CT molecular complexity index is 2910. The molecule has 0 aliphatic heterocycles. The van der Waals surface area contributed by atoms with Gasteiger partial charge >= 0.3 is 0 Å². The van der Waals surface area contributed by atoms with Gasteiger partial charge in [0.1, 0.15) is 0 Å². The first-order valence-corrected chi connectivity index (χ1v) is 29.6. The summed E-state index contributed by atoms with van der Waals surface area (Å²) in [5.74, 6) is 0. The van der Waals surface area contributed by atoms with Crippen LogP contribution in [0.5, 0.6) is 0 Å². The maximum absolute atomic E-state index is 2.61. The number of rotatable bonds is 26. The molecular weight excluding hydrogens is 891 g/mol. The van der Waals surface area contributed by atoms with Crippen LogP contribution >= 0.6 is 0 Å². The van der Waals surface area contributed by atoms with Crippen LogP contribution in [-0.4, -0.2) is 7.05 Å². The van der Waals surface area contributed by atoms with Crippen molar-refractivity contribution < 1.29 is 0 Å². The Kier molecular flexibility index (Phi) is 17.2. The minimum Gasteiger partial charge on any atom is -0.345 e. The van der Waals surface area contributed by atoms with Crippen LogP contribution in [0.4, 0.5) is 11.4 Å². The summed E-state index contributed by atoms with van der Waals surface area (Å²) in [6.07, 6.45) is 25.5. The van der Waals surface area contributed by atoms with Gasteiger partial charge in [-0.2, -0.15) is 0 Å². The van der Waals surface area contributed by atoms with Crippen molar-refractivity contribution in [1.82, 2.24) is 0 Å². The van der Waals surface area contributed by atoms with Crippen molar-refractivity contribution >= 4 is 11.4 Å². The molecule has 0 heterocycles. The van der Waals surface area contributed by atoms with E-state index >= 15 is 0 Å². The molecule has 0 saturated heterocycles. The second-order valence-corrected chi connectivity index (χ2v) is 23.4. The number of benzene rings is 7. The molecule has 0 fully saturated rings. The third-order valence-electron chi connectivity index (χ3n) is 18.1. The van der Waals surface area contributed by atoms with Crippen molar-refractivity contribution in [1.29, 1.82) is 0 Å². The van der Waals surface area contributed by atoms with Gasteiger partial charge in [-0.25, -0.2) is 0 Å². The molecule has 7 aromatic carbocycles. The van der Waals surface area contributed by atoms with E-state index in [1.807, 2.05) is 0 Å². The largest absolute Gasteiger partial charge is 0.345 e. The van der Waals surface area contributed by atoms with E-state index in [0.717, 1.165) is 0 Å². The minimum absolute atomic E-state index is 0.000667. The summed E-state index contributed by atoms with van der Waals surface area (Å²) < 4.78 is 0. The van der Waals surface area contributed by atoms with Crippen LogP contribution in [0.2, 0.25) is 0 Å². The standard InChI is InChI=1S/C73H89N/c1-9-13-17-24-46-72(47-25-18-14-10-2)67-50-54(5)30-42-63(67)64-43-35-57(51-68(64)72)55-31-37-59(38-32-55)71(6,7)60-39-33-56(34-40-60)58-36-44-65-66-45-41-62(74(8)61-28-22-21-23-29-61)53-70(66)73(69(65)52-58,48-26-19-15-11-3)49-27-20-16-12-4/h21-23,28-45,50-53H,9-20,24-27,46-49H2,1-8H3. The van der Waals surface area contributed by atoms with Crippen molar-refractivity contribution in [2.24, 2.45) is 0 Å². The summed E-state index contributed by atoms with van der Waals surface area (Å²) >= 11 is 0. The molecule has 2 aliphatic rings. The first kappa shape index (κ1) is 53.2. The molecule has 9 rings (SSSR count). The smallest absolute Gasteiger partial charge is 0.0411 e. The molecule has 0 spiro atoms. The highest BCUT2D eigenvalue weighted by atomic mass is 15.1. The van der Waals surface area contributed by atoms with Crippen molar-refractivity contribution in [3.05, 3.63) is 191 Å². The van der Waals surface area contributed by atoms with Crippen molar-refractivity contribution in [3.8, 4) is 44.5 Å². The maximum atomic E-state index is 2.61. The van der Waals surface area contributed by atoms with Crippen LogP contribution in [0.25, 0.3) is 44.5 Å². The van der Waals surface area contributed by atoms with Gasteiger partial charge in [0.2, 0.25) is 0 Å². The Balaban J connectivity index is 1.00. The third kappa shape index (κ3) is 10.7. The van der Waals surface area contributed by atoms with Gasteiger partial charge in [-0.3, -0.25) is 0 Å². The summed E-state index contributed by atoms with van der Waals surface area (Å²) in [5, 5.41) is 0. The molecule has 74 heavy (non-hydrogen) atoms. The Morgan fingerprint density at radius 3 is 1.14 bits per heavy atom. The number of hydrogen-bond donors (Lipinski definition) is 0. The first-order valence-electron chi connectivity index (χ1n) is 29.6. The van der Waals surface area contributed by atoms with E-state index in [2.05, 4.69) is 212 Å². The van der Waals surface area contributed by atoms with Crippen LogP contribution in [-0.2, 0) is 16.2 Å². The monoisotopic (exact) mass is 980 g/mol. The number of unbranched alkanes of at least 4 members (excludes halogenated alkanes) is 12. The SMILES string of the molecule is CCCCCCC1(CCCCCC)c2cc(C)ccc2-c2ccc(-c3ccc(C(C)(C)c4ccc(-c5ccc6c(c5)C(CCCCCC)(CCCCCC)c5cc(N(C)c7ccccc7)ccc5-6)cc4)cc3)cc21. The lowest BCUT2D eigenvalue weighted by molar-refractivity contribution is 0.401. The average molecular weight is 981 g/mol. The lowest BCUT2D eigenvalue weighted by atomic mass is 9.70. The fraction of sp³-hybridized carbons (Fsp3) is 0.425. The van der Waals surface area contributed by atoms with Crippen LogP contribution in [0, 0.1) is 6.92 Å². The highest BCUT2D eigenvalue weighted by Crippen LogP contribution is 2.57. The average Bonchev–Trinajstić information content (AvgIpc) is 3.86. The topological polar surface area (TPSA) is 3.24 Å². The molecule has 1 heteroatoms. The van der Waals surface area contributed by atoms with Gasteiger partial charge in [-0.1, -0.05) is 265 Å². The Morgan fingerprint density at radius 1 is 0.351 bits per heavy atom. The third-order valence-corrected chi connectivity index (χ3v) is 18.1. The predicted octanol–water partition coefficient (Wildman–Crippen LogP) is 21.8. The number of nitrogens with zero attached hydrogens (tertiary/aromatic N) is 1. The molecule has 0 saturated carbocycles. The van der Waals surface area contributed by atoms with Crippen LogP contribution < -0.4 is 4.90 Å². The van der Waals surface area contributed by atoms with E-state index in [4.69, 9.17) is 0 Å². The Morgan fingerprint density at radius 2 is 0.716 bits per heavy atom. The van der Waals surface area contributed by atoms with Crippen LogP contribution in [0.3, 0.4) is 0 Å². The molecule has 386 valence electrons. The molecule has 0 atom stereocenters. The number of anilines is 2. The van der Waals surface area contributed by atoms with Gasteiger partial charge in [-0.05, 0) is 147 Å². The van der Waals surface area contributed by atoms with Gasteiger partial charge in [0, 0.05) is 34.7 Å². The Labute approximate surface area is 449 Å². The summed E-state index contributed by atoms with van der Waals surface area (Å²) in [6, 6.07) is 59.6. The molecule has 0 unspecified atom stereocenters. The first-order chi connectivity index (χ1) is 36.1. The number of aryl methyl sites for hydroxylation is 1. The highest BCUT2D eigenvalue weighted by Gasteiger charge is 2.44.